The lowest BCUT2D eigenvalue weighted by atomic mass is 10.0. The molecule has 73 heavy (non-hydrogen) atoms. The number of hydrogen-bond acceptors (Lipinski definition) is 5. The van der Waals surface area contributed by atoms with Crippen molar-refractivity contribution in [1.29, 1.82) is 0 Å². The van der Waals surface area contributed by atoms with E-state index in [1.807, 2.05) is 0 Å². The lowest BCUT2D eigenvalue weighted by molar-refractivity contribution is -0.161. The van der Waals surface area contributed by atoms with Crippen LogP contribution in [0.2, 0.25) is 0 Å². The molecule has 0 spiro atoms. The van der Waals surface area contributed by atoms with Crippen molar-refractivity contribution in [1.82, 2.24) is 0 Å². The zero-order valence-electron chi connectivity index (χ0n) is 48.1. The number of aliphatic hydroxyl groups excluding tert-OH is 1. The van der Waals surface area contributed by atoms with Crippen molar-refractivity contribution in [3.63, 3.8) is 0 Å². The number of hydrogen-bond donors (Lipinski definition) is 1. The molecule has 0 saturated carbocycles. The summed E-state index contributed by atoms with van der Waals surface area (Å²) in [5.74, 6) is -0.586. The van der Waals surface area contributed by atoms with E-state index in [-0.39, 0.29) is 25.2 Å². The van der Waals surface area contributed by atoms with Crippen LogP contribution in [0.3, 0.4) is 0 Å². The number of allylic oxidation sites excluding steroid dienone is 16. The van der Waals surface area contributed by atoms with Gasteiger partial charge in [0.15, 0.2) is 6.10 Å². The van der Waals surface area contributed by atoms with E-state index in [0.29, 0.717) is 12.8 Å². The van der Waals surface area contributed by atoms with E-state index in [0.717, 1.165) is 89.9 Å². The maximum Gasteiger partial charge on any atom is 0.306 e. The van der Waals surface area contributed by atoms with Gasteiger partial charge in [-0.1, -0.05) is 310 Å². The number of aliphatic hydroxyl groups is 1. The summed E-state index contributed by atoms with van der Waals surface area (Å²) in [5.41, 5.74) is 0. The number of unbranched alkanes of at least 4 members (excludes halogenated alkanes) is 33. The highest BCUT2D eigenvalue weighted by Gasteiger charge is 2.16. The Kier molecular flexibility index (Phi) is 60.4. The second kappa shape index (κ2) is 63.1. The minimum absolute atomic E-state index is 0.0678. The van der Waals surface area contributed by atoms with Gasteiger partial charge in [0.2, 0.25) is 0 Å². The Balaban J connectivity index is 3.51. The van der Waals surface area contributed by atoms with Crippen LogP contribution in [-0.4, -0.2) is 36.4 Å². The van der Waals surface area contributed by atoms with Gasteiger partial charge in [0.05, 0.1) is 6.61 Å². The molecule has 0 rings (SSSR count). The summed E-state index contributed by atoms with van der Waals surface area (Å²) in [5, 5.41) is 9.68. The average Bonchev–Trinajstić information content (AvgIpc) is 3.39. The third kappa shape index (κ3) is 61.3. The number of carbonyl (C=O) groups excluding carboxylic acids is 2. The Bertz CT molecular complexity index is 1380. The minimum Gasteiger partial charge on any atom is -0.462 e. The van der Waals surface area contributed by atoms with Gasteiger partial charge in [-0.2, -0.15) is 0 Å². The van der Waals surface area contributed by atoms with Crippen LogP contribution in [0.1, 0.15) is 303 Å². The van der Waals surface area contributed by atoms with Gasteiger partial charge >= 0.3 is 11.9 Å². The van der Waals surface area contributed by atoms with Gasteiger partial charge in [-0.15, -0.1) is 0 Å². The Labute approximate surface area is 453 Å². The fourth-order valence-electron chi connectivity index (χ4n) is 8.99. The first kappa shape index (κ1) is 69.8. The van der Waals surface area contributed by atoms with Gasteiger partial charge in [-0.25, -0.2) is 0 Å². The second-order valence-electron chi connectivity index (χ2n) is 20.8. The summed E-state index contributed by atoms with van der Waals surface area (Å²) in [7, 11) is 0. The van der Waals surface area contributed by atoms with E-state index >= 15 is 0 Å². The van der Waals surface area contributed by atoms with Gasteiger partial charge in [-0.3, -0.25) is 9.59 Å². The second-order valence-corrected chi connectivity index (χ2v) is 20.8. The Morgan fingerprint density at radius 1 is 0.329 bits per heavy atom. The summed E-state index contributed by atoms with van der Waals surface area (Å²) in [6.45, 7) is 4.06. The molecule has 0 aromatic heterocycles. The topological polar surface area (TPSA) is 72.8 Å². The molecule has 1 N–H and O–H groups in total. The molecule has 0 aromatic rings. The molecule has 0 saturated heterocycles. The number of rotatable bonds is 57. The highest BCUT2D eigenvalue weighted by atomic mass is 16.6. The van der Waals surface area contributed by atoms with Crippen molar-refractivity contribution in [3.8, 4) is 0 Å². The SMILES string of the molecule is CC/C=C\C/C=C\C/C=C\C/C=C\C/C=C\C/C=C\C/C=C\C/C=C\CCCCCCCCCCCCC(=O)OC(CO)COC(=O)CCCCCCCCCCCCCCCCCCCCCCCCCC. The summed E-state index contributed by atoms with van der Waals surface area (Å²) in [6.07, 6.45) is 89.7. The van der Waals surface area contributed by atoms with Gasteiger partial charge in [0.1, 0.15) is 6.61 Å². The van der Waals surface area contributed by atoms with Crippen LogP contribution in [0.5, 0.6) is 0 Å². The standard InChI is InChI=1S/C68H118O5/c1-3-5-7-9-11-13-15-17-19-21-23-25-27-29-30-31-32-33-34-35-36-37-38-39-41-43-45-47-49-51-53-55-57-59-61-63-68(71)73-66(64-69)65-72-67(70)62-60-58-56-54-52-50-48-46-44-42-40-28-26-24-22-20-18-16-14-12-10-8-6-4-2/h5,7,11,13,17,19,23,25,29-30,32-33,35-36,38-39,66,69H,3-4,6,8-10,12,14-16,18,20-22,24,26-28,31,34,37,40-65H2,1-2H3/b7-5-,13-11-,19-17-,25-23-,30-29-,33-32-,36-35-,39-38-. The monoisotopic (exact) mass is 1010 g/mol. The molecule has 420 valence electrons. The zero-order valence-corrected chi connectivity index (χ0v) is 48.1. The van der Waals surface area contributed by atoms with Crippen LogP contribution >= 0.6 is 0 Å². The third-order valence-electron chi connectivity index (χ3n) is 13.6. The molecule has 0 aromatic carbocycles. The van der Waals surface area contributed by atoms with Crippen molar-refractivity contribution in [2.45, 2.75) is 309 Å². The van der Waals surface area contributed by atoms with E-state index in [2.05, 4.69) is 111 Å². The molecule has 0 aliphatic heterocycles. The predicted octanol–water partition coefficient (Wildman–Crippen LogP) is 21.5. The normalized spacial score (nSPS) is 12.9. The quantitative estimate of drug-likeness (QED) is 0.0373. The van der Waals surface area contributed by atoms with Crippen LogP contribution < -0.4 is 0 Å². The molecule has 0 aliphatic rings. The Morgan fingerprint density at radius 3 is 0.890 bits per heavy atom. The molecule has 5 nitrogen and oxygen atoms in total. The first-order valence-corrected chi connectivity index (χ1v) is 31.3. The van der Waals surface area contributed by atoms with Crippen molar-refractivity contribution in [2.75, 3.05) is 13.2 Å². The molecular formula is C68H118O5. The highest BCUT2D eigenvalue weighted by molar-refractivity contribution is 5.70. The molecule has 1 unspecified atom stereocenters. The number of carbonyl (C=O) groups is 2. The van der Waals surface area contributed by atoms with Gasteiger partial charge in [0.25, 0.3) is 0 Å². The lowest BCUT2D eigenvalue weighted by Gasteiger charge is -2.15. The fraction of sp³-hybridized carbons (Fsp3) is 0.735. The van der Waals surface area contributed by atoms with Crippen LogP contribution in [0, 0.1) is 0 Å². The van der Waals surface area contributed by atoms with Crippen molar-refractivity contribution in [2.24, 2.45) is 0 Å². The third-order valence-corrected chi connectivity index (χ3v) is 13.6. The average molecular weight is 1020 g/mol. The highest BCUT2D eigenvalue weighted by Crippen LogP contribution is 2.17. The van der Waals surface area contributed by atoms with Gasteiger partial charge in [0, 0.05) is 12.8 Å². The lowest BCUT2D eigenvalue weighted by Crippen LogP contribution is -2.28. The van der Waals surface area contributed by atoms with Gasteiger partial charge in [-0.05, 0) is 77.0 Å². The molecule has 0 aliphatic carbocycles. The van der Waals surface area contributed by atoms with E-state index < -0.39 is 6.10 Å². The van der Waals surface area contributed by atoms with Crippen LogP contribution in [0.15, 0.2) is 97.2 Å². The first-order chi connectivity index (χ1) is 36.1. The van der Waals surface area contributed by atoms with Crippen LogP contribution in [0.25, 0.3) is 0 Å². The molecule has 1 atom stereocenters. The molecule has 0 heterocycles. The Hall–Kier alpha value is -3.18. The van der Waals surface area contributed by atoms with Crippen molar-refractivity contribution >= 4 is 11.9 Å². The van der Waals surface area contributed by atoms with Crippen LogP contribution in [0.4, 0.5) is 0 Å². The number of ether oxygens (including phenoxy) is 2. The molecule has 0 amide bonds. The summed E-state index contributed by atoms with van der Waals surface area (Å²) < 4.78 is 10.7. The van der Waals surface area contributed by atoms with Crippen molar-refractivity contribution < 1.29 is 24.2 Å². The van der Waals surface area contributed by atoms with Crippen molar-refractivity contribution in [3.05, 3.63) is 97.2 Å². The van der Waals surface area contributed by atoms with E-state index in [9.17, 15) is 14.7 Å². The minimum atomic E-state index is -0.779. The number of esters is 2. The van der Waals surface area contributed by atoms with Crippen LogP contribution in [-0.2, 0) is 19.1 Å². The maximum atomic E-state index is 12.3. The zero-order chi connectivity index (χ0) is 52.7. The summed E-state index contributed by atoms with van der Waals surface area (Å²) in [4.78, 5) is 24.6. The van der Waals surface area contributed by atoms with E-state index in [1.54, 1.807) is 0 Å². The van der Waals surface area contributed by atoms with Gasteiger partial charge < -0.3 is 14.6 Å². The Morgan fingerprint density at radius 2 is 0.589 bits per heavy atom. The fourth-order valence-corrected chi connectivity index (χ4v) is 8.99. The summed E-state index contributed by atoms with van der Waals surface area (Å²) in [6, 6.07) is 0. The maximum absolute atomic E-state index is 12.3. The molecule has 0 fully saturated rings. The molecule has 0 bridgehead atoms. The first-order valence-electron chi connectivity index (χ1n) is 31.3. The smallest absolute Gasteiger partial charge is 0.306 e. The molecule has 0 radical (unpaired) electrons. The predicted molar refractivity (Wildman–Crippen MR) is 320 cm³/mol. The molecule has 5 heteroatoms. The van der Waals surface area contributed by atoms with E-state index in [4.69, 9.17) is 9.47 Å². The summed E-state index contributed by atoms with van der Waals surface area (Å²) >= 11 is 0. The van der Waals surface area contributed by atoms with E-state index in [1.165, 1.54) is 186 Å². The molecular weight excluding hydrogens is 897 g/mol. The largest absolute Gasteiger partial charge is 0.462 e.